The van der Waals surface area contributed by atoms with Gasteiger partial charge >= 0.3 is 0 Å². The minimum atomic E-state index is -0.0421. The molecule has 0 fully saturated rings. The summed E-state index contributed by atoms with van der Waals surface area (Å²) in [4.78, 5) is 0. The third kappa shape index (κ3) is 4.71. The minimum absolute atomic E-state index is 0.0421. The Morgan fingerprint density at radius 1 is 0.864 bits per heavy atom. The van der Waals surface area contributed by atoms with Crippen molar-refractivity contribution in [3.05, 3.63) is 59.2 Å². The average molecular weight is 296 g/mol. The summed E-state index contributed by atoms with van der Waals surface area (Å²) in [5.74, 6) is 0. The van der Waals surface area contributed by atoms with Gasteiger partial charge in [0.2, 0.25) is 0 Å². The first kappa shape index (κ1) is 16.8. The normalized spacial score (nSPS) is 11.7. The van der Waals surface area contributed by atoms with Gasteiger partial charge in [-0.25, -0.2) is 0 Å². The molecule has 0 aliphatic rings. The van der Waals surface area contributed by atoms with E-state index < -0.39 is 0 Å². The minimum Gasteiger partial charge on any atom is -0.376 e. The highest BCUT2D eigenvalue weighted by atomic mass is 16.5. The molecular weight excluding hydrogens is 268 g/mol. The standard InChI is InChI=1S/C21H28O/c1-16-9-6-7-11-19(16)20-15-18(13-12-17(20)2)10-8-14-22-21(3,4)5/h6-7,9,11-13,15H,8,10,14H2,1-5H3. The van der Waals surface area contributed by atoms with Crippen molar-refractivity contribution in [2.45, 2.75) is 53.1 Å². The molecule has 118 valence electrons. The van der Waals surface area contributed by atoms with Gasteiger partial charge in [0.1, 0.15) is 0 Å². The first-order valence-corrected chi connectivity index (χ1v) is 8.16. The zero-order valence-corrected chi connectivity index (χ0v) is 14.6. The highest BCUT2D eigenvalue weighted by Gasteiger charge is 2.10. The first-order chi connectivity index (χ1) is 10.4. The van der Waals surface area contributed by atoms with Crippen LogP contribution in [-0.2, 0) is 11.2 Å². The Hall–Kier alpha value is -1.60. The lowest BCUT2D eigenvalue weighted by Crippen LogP contribution is -2.19. The first-order valence-electron chi connectivity index (χ1n) is 8.16. The summed E-state index contributed by atoms with van der Waals surface area (Å²) in [6, 6.07) is 15.4. The van der Waals surface area contributed by atoms with Gasteiger partial charge in [-0.3, -0.25) is 0 Å². The number of benzene rings is 2. The van der Waals surface area contributed by atoms with Gasteiger partial charge in [0.15, 0.2) is 0 Å². The van der Waals surface area contributed by atoms with E-state index in [9.17, 15) is 0 Å². The maximum atomic E-state index is 5.81. The van der Waals surface area contributed by atoms with Crippen LogP contribution < -0.4 is 0 Å². The Morgan fingerprint density at radius 3 is 2.23 bits per heavy atom. The van der Waals surface area contributed by atoms with Crippen LogP contribution in [0.2, 0.25) is 0 Å². The van der Waals surface area contributed by atoms with E-state index in [1.165, 1.54) is 27.8 Å². The number of hydrogen-bond acceptors (Lipinski definition) is 1. The van der Waals surface area contributed by atoms with Crippen LogP contribution in [0.25, 0.3) is 11.1 Å². The van der Waals surface area contributed by atoms with Gasteiger partial charge in [0.05, 0.1) is 5.60 Å². The van der Waals surface area contributed by atoms with Gasteiger partial charge in [-0.2, -0.15) is 0 Å². The molecule has 0 spiro atoms. The van der Waals surface area contributed by atoms with E-state index in [1.807, 2.05) is 0 Å². The lowest BCUT2D eigenvalue weighted by molar-refractivity contribution is -0.00384. The summed E-state index contributed by atoms with van der Waals surface area (Å²) in [5.41, 5.74) is 6.71. The fraction of sp³-hybridized carbons (Fsp3) is 0.429. The van der Waals surface area contributed by atoms with E-state index in [4.69, 9.17) is 4.74 Å². The number of rotatable bonds is 5. The molecule has 0 amide bonds. The largest absolute Gasteiger partial charge is 0.376 e. The predicted octanol–water partition coefficient (Wildman–Crippen LogP) is 5.72. The molecule has 0 aromatic heterocycles. The Balaban J connectivity index is 2.09. The van der Waals surface area contributed by atoms with Gasteiger partial charge < -0.3 is 4.74 Å². The van der Waals surface area contributed by atoms with Crippen molar-refractivity contribution in [2.75, 3.05) is 6.61 Å². The van der Waals surface area contributed by atoms with Crippen LogP contribution in [0.3, 0.4) is 0 Å². The summed E-state index contributed by atoms with van der Waals surface area (Å²) in [5, 5.41) is 0. The van der Waals surface area contributed by atoms with Crippen molar-refractivity contribution in [1.29, 1.82) is 0 Å². The molecule has 0 atom stereocenters. The molecule has 0 aliphatic carbocycles. The summed E-state index contributed by atoms with van der Waals surface area (Å²) >= 11 is 0. The van der Waals surface area contributed by atoms with E-state index >= 15 is 0 Å². The van der Waals surface area contributed by atoms with E-state index in [-0.39, 0.29) is 5.60 Å². The van der Waals surface area contributed by atoms with Gasteiger partial charge in [-0.05, 0) is 75.3 Å². The second kappa shape index (κ2) is 7.11. The summed E-state index contributed by atoms with van der Waals surface area (Å²) in [6.45, 7) is 11.5. The van der Waals surface area contributed by atoms with Crippen molar-refractivity contribution in [3.63, 3.8) is 0 Å². The smallest absolute Gasteiger partial charge is 0.0598 e. The van der Waals surface area contributed by atoms with Gasteiger partial charge in [0.25, 0.3) is 0 Å². The van der Waals surface area contributed by atoms with Crippen molar-refractivity contribution in [3.8, 4) is 11.1 Å². The topological polar surface area (TPSA) is 9.23 Å². The van der Waals surface area contributed by atoms with Crippen molar-refractivity contribution >= 4 is 0 Å². The number of aryl methyl sites for hydroxylation is 3. The Morgan fingerprint density at radius 2 is 1.55 bits per heavy atom. The lowest BCUT2D eigenvalue weighted by Gasteiger charge is -2.19. The average Bonchev–Trinajstić information content (AvgIpc) is 2.45. The van der Waals surface area contributed by atoms with Crippen molar-refractivity contribution < 1.29 is 4.74 Å². The SMILES string of the molecule is Cc1ccccc1-c1cc(CCCOC(C)(C)C)ccc1C. The highest BCUT2D eigenvalue weighted by Crippen LogP contribution is 2.27. The molecule has 2 aromatic rings. The van der Waals surface area contributed by atoms with Crippen LogP contribution in [0.15, 0.2) is 42.5 Å². The molecule has 0 radical (unpaired) electrons. The van der Waals surface area contributed by atoms with Crippen LogP contribution in [0.1, 0.15) is 43.9 Å². The van der Waals surface area contributed by atoms with Crippen LogP contribution in [-0.4, -0.2) is 12.2 Å². The number of ether oxygens (including phenoxy) is 1. The zero-order chi connectivity index (χ0) is 16.2. The molecule has 0 saturated heterocycles. The van der Waals surface area contributed by atoms with Crippen LogP contribution in [0.4, 0.5) is 0 Å². The molecule has 2 aromatic carbocycles. The second-order valence-corrected chi connectivity index (χ2v) is 7.03. The van der Waals surface area contributed by atoms with Crippen LogP contribution in [0, 0.1) is 13.8 Å². The fourth-order valence-corrected chi connectivity index (χ4v) is 2.64. The molecule has 0 aliphatic heterocycles. The van der Waals surface area contributed by atoms with E-state index in [0.717, 1.165) is 19.4 Å². The van der Waals surface area contributed by atoms with Crippen molar-refractivity contribution in [1.82, 2.24) is 0 Å². The summed E-state index contributed by atoms with van der Waals surface area (Å²) < 4.78 is 5.81. The van der Waals surface area contributed by atoms with Crippen molar-refractivity contribution in [2.24, 2.45) is 0 Å². The van der Waals surface area contributed by atoms with E-state index in [0.29, 0.717) is 0 Å². The van der Waals surface area contributed by atoms with Gasteiger partial charge in [0, 0.05) is 6.61 Å². The predicted molar refractivity (Wildman–Crippen MR) is 95.4 cm³/mol. The molecule has 0 bridgehead atoms. The third-order valence-corrected chi connectivity index (χ3v) is 3.88. The third-order valence-electron chi connectivity index (χ3n) is 3.88. The molecule has 1 nitrogen and oxygen atoms in total. The Labute approximate surface area is 135 Å². The molecule has 0 saturated carbocycles. The van der Waals surface area contributed by atoms with E-state index in [1.54, 1.807) is 0 Å². The zero-order valence-electron chi connectivity index (χ0n) is 14.6. The Kier molecular flexibility index (Phi) is 5.42. The quantitative estimate of drug-likeness (QED) is 0.641. The second-order valence-electron chi connectivity index (χ2n) is 7.03. The fourth-order valence-electron chi connectivity index (χ4n) is 2.64. The van der Waals surface area contributed by atoms with Crippen LogP contribution >= 0.6 is 0 Å². The number of hydrogen-bond donors (Lipinski definition) is 0. The maximum absolute atomic E-state index is 5.81. The molecule has 0 unspecified atom stereocenters. The molecule has 1 heteroatoms. The molecule has 0 heterocycles. The highest BCUT2D eigenvalue weighted by molar-refractivity contribution is 5.70. The molecule has 22 heavy (non-hydrogen) atoms. The summed E-state index contributed by atoms with van der Waals surface area (Å²) in [7, 11) is 0. The maximum Gasteiger partial charge on any atom is 0.0598 e. The lowest BCUT2D eigenvalue weighted by atomic mass is 9.94. The monoisotopic (exact) mass is 296 g/mol. The van der Waals surface area contributed by atoms with Crippen LogP contribution in [0.5, 0.6) is 0 Å². The molecular formula is C21H28O. The Bertz CT molecular complexity index is 620. The van der Waals surface area contributed by atoms with E-state index in [2.05, 4.69) is 77.1 Å². The van der Waals surface area contributed by atoms with Gasteiger partial charge in [-0.1, -0.05) is 42.5 Å². The van der Waals surface area contributed by atoms with Gasteiger partial charge in [-0.15, -0.1) is 0 Å². The molecule has 0 N–H and O–H groups in total. The molecule has 2 rings (SSSR count). The summed E-state index contributed by atoms with van der Waals surface area (Å²) in [6.07, 6.45) is 2.13.